The second-order valence-corrected chi connectivity index (χ2v) is 6.36. The Balaban J connectivity index is 1.97. The van der Waals surface area contributed by atoms with Crippen LogP contribution in [0, 0.1) is 6.92 Å². The van der Waals surface area contributed by atoms with Crippen LogP contribution in [0.25, 0.3) is 0 Å². The maximum Gasteiger partial charge on any atom is 0.230 e. The molecular weight excluding hydrogens is 324 g/mol. The van der Waals surface area contributed by atoms with Gasteiger partial charge in [-0.2, -0.15) is 0 Å². The SMILES string of the molecule is COc1ccc(OC)c(C(C)NC(=O)CSc2ccc(C)cn2)c1. The molecule has 0 aliphatic rings. The summed E-state index contributed by atoms with van der Waals surface area (Å²) in [6.07, 6.45) is 1.80. The summed E-state index contributed by atoms with van der Waals surface area (Å²) in [5, 5.41) is 3.82. The number of benzene rings is 1. The van der Waals surface area contributed by atoms with Gasteiger partial charge in [0.2, 0.25) is 5.91 Å². The minimum Gasteiger partial charge on any atom is -0.497 e. The Kier molecular flexibility index (Phi) is 6.49. The number of methoxy groups -OCH3 is 2. The number of nitrogens with zero attached hydrogens (tertiary/aromatic N) is 1. The van der Waals surface area contributed by atoms with E-state index < -0.39 is 0 Å². The maximum atomic E-state index is 12.2. The first-order valence-electron chi connectivity index (χ1n) is 7.60. The van der Waals surface area contributed by atoms with Crippen LogP contribution in [0.2, 0.25) is 0 Å². The van der Waals surface area contributed by atoms with Crippen molar-refractivity contribution in [1.29, 1.82) is 0 Å². The van der Waals surface area contributed by atoms with Crippen LogP contribution in [-0.4, -0.2) is 30.9 Å². The van der Waals surface area contributed by atoms with Gasteiger partial charge >= 0.3 is 0 Å². The molecule has 0 saturated carbocycles. The lowest BCUT2D eigenvalue weighted by Gasteiger charge is -2.18. The molecule has 1 unspecified atom stereocenters. The van der Waals surface area contributed by atoms with Gasteiger partial charge in [-0.25, -0.2) is 4.98 Å². The summed E-state index contributed by atoms with van der Waals surface area (Å²) >= 11 is 1.41. The Morgan fingerprint density at radius 2 is 2.04 bits per heavy atom. The van der Waals surface area contributed by atoms with Gasteiger partial charge in [-0.05, 0) is 43.7 Å². The monoisotopic (exact) mass is 346 g/mol. The molecule has 1 amide bonds. The maximum absolute atomic E-state index is 12.2. The Bertz CT molecular complexity index is 689. The summed E-state index contributed by atoms with van der Waals surface area (Å²) in [5.74, 6) is 1.70. The van der Waals surface area contributed by atoms with Crippen LogP contribution < -0.4 is 14.8 Å². The highest BCUT2D eigenvalue weighted by molar-refractivity contribution is 7.99. The van der Waals surface area contributed by atoms with Gasteiger partial charge < -0.3 is 14.8 Å². The molecule has 2 aromatic rings. The Morgan fingerprint density at radius 1 is 1.25 bits per heavy atom. The highest BCUT2D eigenvalue weighted by Gasteiger charge is 2.15. The predicted octanol–water partition coefficient (Wildman–Crippen LogP) is 3.38. The molecule has 1 heterocycles. The quantitative estimate of drug-likeness (QED) is 0.779. The number of carbonyl (C=O) groups is 1. The first-order valence-corrected chi connectivity index (χ1v) is 8.58. The molecule has 128 valence electrons. The van der Waals surface area contributed by atoms with E-state index in [0.717, 1.165) is 27.7 Å². The number of aryl methyl sites for hydroxylation is 1. The number of amides is 1. The molecular formula is C18H22N2O3S. The van der Waals surface area contributed by atoms with Crippen LogP contribution in [0.1, 0.15) is 24.1 Å². The zero-order valence-corrected chi connectivity index (χ0v) is 15.1. The van der Waals surface area contributed by atoms with E-state index >= 15 is 0 Å². The number of nitrogens with one attached hydrogen (secondary N) is 1. The minimum absolute atomic E-state index is 0.0558. The number of hydrogen-bond acceptors (Lipinski definition) is 5. The largest absolute Gasteiger partial charge is 0.497 e. The first-order chi connectivity index (χ1) is 11.5. The summed E-state index contributed by atoms with van der Waals surface area (Å²) in [4.78, 5) is 16.5. The second-order valence-electron chi connectivity index (χ2n) is 5.36. The molecule has 6 heteroatoms. The molecule has 0 bridgehead atoms. The van der Waals surface area contributed by atoms with Gasteiger partial charge in [-0.1, -0.05) is 17.8 Å². The summed E-state index contributed by atoms with van der Waals surface area (Å²) in [6, 6.07) is 9.25. The molecule has 0 saturated heterocycles. The van der Waals surface area contributed by atoms with Gasteiger partial charge in [0.1, 0.15) is 11.5 Å². The van der Waals surface area contributed by atoms with Gasteiger partial charge in [0, 0.05) is 11.8 Å². The van der Waals surface area contributed by atoms with E-state index in [4.69, 9.17) is 9.47 Å². The lowest BCUT2D eigenvalue weighted by molar-refractivity contribution is -0.119. The van der Waals surface area contributed by atoms with Crippen molar-refractivity contribution in [1.82, 2.24) is 10.3 Å². The fourth-order valence-electron chi connectivity index (χ4n) is 2.22. The van der Waals surface area contributed by atoms with Gasteiger partial charge in [-0.15, -0.1) is 0 Å². The predicted molar refractivity (Wildman–Crippen MR) is 95.8 cm³/mol. The van der Waals surface area contributed by atoms with Crippen molar-refractivity contribution in [2.75, 3.05) is 20.0 Å². The lowest BCUT2D eigenvalue weighted by atomic mass is 10.1. The zero-order valence-electron chi connectivity index (χ0n) is 14.3. The van der Waals surface area contributed by atoms with Crippen LogP contribution >= 0.6 is 11.8 Å². The molecule has 0 fully saturated rings. The van der Waals surface area contributed by atoms with Gasteiger partial charge in [-0.3, -0.25) is 4.79 Å². The zero-order chi connectivity index (χ0) is 17.5. The molecule has 0 radical (unpaired) electrons. The van der Waals surface area contributed by atoms with E-state index in [1.807, 2.05) is 44.2 Å². The third-order valence-electron chi connectivity index (χ3n) is 3.52. The standard InChI is InChI=1S/C18H22N2O3S/c1-12-5-8-18(19-10-12)24-11-17(21)20-13(2)15-9-14(22-3)6-7-16(15)23-4/h5-10,13H,11H2,1-4H3,(H,20,21). The molecule has 0 aliphatic carbocycles. The van der Waals surface area contributed by atoms with E-state index in [-0.39, 0.29) is 11.9 Å². The van der Waals surface area contributed by atoms with E-state index in [0.29, 0.717) is 5.75 Å². The van der Waals surface area contributed by atoms with Crippen LogP contribution in [0.15, 0.2) is 41.6 Å². The normalized spacial score (nSPS) is 11.7. The minimum atomic E-state index is -0.186. The molecule has 1 aromatic heterocycles. The molecule has 1 N–H and O–H groups in total. The number of rotatable bonds is 7. The summed E-state index contributed by atoms with van der Waals surface area (Å²) in [7, 11) is 3.22. The number of carbonyl (C=O) groups excluding carboxylic acids is 1. The Hall–Kier alpha value is -2.21. The Labute approximate surface area is 146 Å². The topological polar surface area (TPSA) is 60.5 Å². The van der Waals surface area contributed by atoms with Crippen molar-refractivity contribution >= 4 is 17.7 Å². The van der Waals surface area contributed by atoms with Crippen molar-refractivity contribution in [2.45, 2.75) is 24.9 Å². The average Bonchev–Trinajstić information content (AvgIpc) is 2.60. The Morgan fingerprint density at radius 3 is 2.67 bits per heavy atom. The third-order valence-corrected chi connectivity index (χ3v) is 4.46. The lowest BCUT2D eigenvalue weighted by Crippen LogP contribution is -2.28. The second kappa shape index (κ2) is 8.59. The van der Waals surface area contributed by atoms with E-state index in [9.17, 15) is 4.79 Å². The van der Waals surface area contributed by atoms with Gasteiger partial charge in [0.15, 0.2) is 0 Å². The molecule has 24 heavy (non-hydrogen) atoms. The molecule has 5 nitrogen and oxygen atoms in total. The van der Waals surface area contributed by atoms with Crippen molar-refractivity contribution in [3.63, 3.8) is 0 Å². The van der Waals surface area contributed by atoms with Crippen molar-refractivity contribution < 1.29 is 14.3 Å². The van der Waals surface area contributed by atoms with Crippen LogP contribution in [0.4, 0.5) is 0 Å². The number of pyridine rings is 1. The fraction of sp³-hybridized carbons (Fsp3) is 0.333. The summed E-state index contributed by atoms with van der Waals surface area (Å²) in [6.45, 7) is 3.90. The van der Waals surface area contributed by atoms with Crippen LogP contribution in [0.5, 0.6) is 11.5 Å². The van der Waals surface area contributed by atoms with E-state index in [1.54, 1.807) is 20.4 Å². The van der Waals surface area contributed by atoms with E-state index in [1.165, 1.54) is 11.8 Å². The molecule has 1 aromatic carbocycles. The average molecular weight is 346 g/mol. The fourth-order valence-corrected chi connectivity index (χ4v) is 2.87. The van der Waals surface area contributed by atoms with Gasteiger partial charge in [0.25, 0.3) is 0 Å². The molecule has 1 atom stereocenters. The molecule has 2 rings (SSSR count). The number of aromatic nitrogens is 1. The van der Waals surface area contributed by atoms with Crippen molar-refractivity contribution in [3.8, 4) is 11.5 Å². The smallest absolute Gasteiger partial charge is 0.230 e. The first kappa shape index (κ1) is 18.1. The van der Waals surface area contributed by atoms with Crippen molar-refractivity contribution in [3.05, 3.63) is 47.7 Å². The van der Waals surface area contributed by atoms with Crippen LogP contribution in [-0.2, 0) is 4.79 Å². The number of thioether (sulfide) groups is 1. The summed E-state index contributed by atoms with van der Waals surface area (Å²) < 4.78 is 10.6. The van der Waals surface area contributed by atoms with Crippen molar-refractivity contribution in [2.24, 2.45) is 0 Å². The number of ether oxygens (including phenoxy) is 2. The molecule has 0 aliphatic heterocycles. The summed E-state index contributed by atoms with van der Waals surface area (Å²) in [5.41, 5.74) is 1.98. The highest BCUT2D eigenvalue weighted by Crippen LogP contribution is 2.29. The third kappa shape index (κ3) is 4.89. The molecule has 0 spiro atoms. The number of hydrogen-bond donors (Lipinski definition) is 1. The van der Waals surface area contributed by atoms with Gasteiger partial charge in [0.05, 0.1) is 31.0 Å². The van der Waals surface area contributed by atoms with E-state index in [2.05, 4.69) is 10.3 Å². The highest BCUT2D eigenvalue weighted by atomic mass is 32.2. The van der Waals surface area contributed by atoms with Crippen LogP contribution in [0.3, 0.4) is 0 Å².